The number of nitrogens with one attached hydrogen (secondary N) is 1. The lowest BCUT2D eigenvalue weighted by Gasteiger charge is -2.19. The predicted octanol–water partition coefficient (Wildman–Crippen LogP) is 5.20. The number of allylic oxidation sites excluding steroid dienone is 1. The molecule has 0 radical (unpaired) electrons. The Labute approximate surface area is 202 Å². The molecule has 0 amide bonds. The van der Waals surface area contributed by atoms with Crippen LogP contribution < -0.4 is 0 Å². The number of tetrazole rings is 1. The molecule has 3 heterocycles. The Balaban J connectivity index is 1.49. The second-order valence-electron chi connectivity index (χ2n) is 9.55. The van der Waals surface area contributed by atoms with Crippen LogP contribution in [0.5, 0.6) is 0 Å². The second kappa shape index (κ2) is 7.70. The Bertz CT molecular complexity index is 1620. The maximum Gasteiger partial charge on any atom is 0.201 e. The fraction of sp³-hybridized carbons (Fsp3) is 0.250. The lowest BCUT2D eigenvalue weighted by molar-refractivity contribution is 0.876. The van der Waals surface area contributed by atoms with Crippen molar-refractivity contribution >= 4 is 22.3 Å². The molecule has 2 aliphatic carbocycles. The Morgan fingerprint density at radius 3 is 2.71 bits per heavy atom. The summed E-state index contributed by atoms with van der Waals surface area (Å²) in [4.78, 5) is 9.73. The molecular weight excluding hydrogens is 434 g/mol. The number of hydrogen-bond donors (Lipinski definition) is 1. The van der Waals surface area contributed by atoms with Gasteiger partial charge in [0.15, 0.2) is 5.65 Å². The van der Waals surface area contributed by atoms with Gasteiger partial charge in [-0.2, -0.15) is 5.21 Å². The van der Waals surface area contributed by atoms with E-state index in [0.717, 1.165) is 35.4 Å². The molecule has 1 N–H and O–H groups in total. The zero-order chi connectivity index (χ0) is 23.5. The number of H-pyrrole nitrogens is 1. The van der Waals surface area contributed by atoms with Crippen molar-refractivity contribution in [3.63, 3.8) is 0 Å². The highest BCUT2D eigenvalue weighted by molar-refractivity contribution is 5.99. The number of nitrogens with zero attached hydrogens (tertiary/aromatic N) is 6. The number of hydrogen-bond acceptors (Lipinski definition) is 5. The molecule has 1 saturated carbocycles. The summed E-state index contributed by atoms with van der Waals surface area (Å²) < 4.78 is 2.30. The van der Waals surface area contributed by atoms with Crippen molar-refractivity contribution < 1.29 is 0 Å². The van der Waals surface area contributed by atoms with E-state index in [1.54, 1.807) is 0 Å². The van der Waals surface area contributed by atoms with Gasteiger partial charge in [-0.1, -0.05) is 30.3 Å². The van der Waals surface area contributed by atoms with Crippen LogP contribution in [-0.4, -0.2) is 35.2 Å². The number of aromatic nitrogens is 7. The number of aryl methyl sites for hydroxylation is 1. The van der Waals surface area contributed by atoms with Crippen LogP contribution in [0.1, 0.15) is 65.1 Å². The van der Waals surface area contributed by atoms with Crippen LogP contribution in [0.4, 0.5) is 0 Å². The number of aromatic amines is 1. The largest absolute Gasteiger partial charge is 0.280 e. The van der Waals surface area contributed by atoms with E-state index in [-0.39, 0.29) is 0 Å². The highest BCUT2D eigenvalue weighted by Gasteiger charge is 2.32. The van der Waals surface area contributed by atoms with Gasteiger partial charge in [0.1, 0.15) is 11.3 Å². The summed E-state index contributed by atoms with van der Waals surface area (Å²) in [5.74, 6) is 2.28. The van der Waals surface area contributed by atoms with E-state index in [2.05, 4.69) is 81.5 Å². The van der Waals surface area contributed by atoms with Gasteiger partial charge in [0, 0.05) is 17.7 Å². The molecule has 0 bridgehead atoms. The van der Waals surface area contributed by atoms with Crippen LogP contribution in [0.15, 0.2) is 54.7 Å². The first-order valence-electron chi connectivity index (χ1n) is 12.2. The summed E-state index contributed by atoms with van der Waals surface area (Å²) in [5, 5.41) is 15.0. The van der Waals surface area contributed by atoms with Gasteiger partial charge in [0.05, 0.1) is 5.69 Å². The molecule has 7 heteroatoms. The number of fused-ring (bicyclic) bond motifs is 3. The van der Waals surface area contributed by atoms with E-state index in [1.807, 2.05) is 12.3 Å². The van der Waals surface area contributed by atoms with Gasteiger partial charge in [-0.15, -0.1) is 10.2 Å². The molecule has 0 spiro atoms. The van der Waals surface area contributed by atoms with Crippen LogP contribution in [0.2, 0.25) is 0 Å². The zero-order valence-corrected chi connectivity index (χ0v) is 19.8. The van der Waals surface area contributed by atoms with Crippen molar-refractivity contribution in [1.29, 1.82) is 0 Å². The maximum atomic E-state index is 5.00. The summed E-state index contributed by atoms with van der Waals surface area (Å²) in [6.45, 7) is 4.34. The van der Waals surface area contributed by atoms with E-state index in [9.17, 15) is 0 Å². The highest BCUT2D eigenvalue weighted by atomic mass is 15.5. The van der Waals surface area contributed by atoms with Gasteiger partial charge in [-0.05, 0) is 96.3 Å². The lowest BCUT2D eigenvalue weighted by atomic mass is 9.88. The molecule has 2 aromatic carbocycles. The monoisotopic (exact) mass is 459 g/mol. The third kappa shape index (κ3) is 3.15. The van der Waals surface area contributed by atoms with Gasteiger partial charge >= 0.3 is 0 Å². The van der Waals surface area contributed by atoms with Crippen molar-refractivity contribution in [2.75, 3.05) is 0 Å². The molecule has 0 unspecified atom stereocenters. The molecule has 7 rings (SSSR count). The quantitative estimate of drug-likeness (QED) is 0.401. The standard InChI is InChI=1S/C28H25N7/c1-16-20-12-11-18-6-3-4-7-21(18)25(17(2)26-31-33-34-32-26)22(20)13-14-24(16)35-27(19-9-10-19)30-23-8-5-15-29-28(23)35/h3-8,13-15,19H,9-12H2,1-2H3,(H,31,32,33,34)/b25-17+. The van der Waals surface area contributed by atoms with Gasteiger partial charge in [-0.3, -0.25) is 4.57 Å². The summed E-state index contributed by atoms with van der Waals surface area (Å²) in [6, 6.07) is 17.2. The molecule has 3 aromatic heterocycles. The average Bonchev–Trinajstić information content (AvgIpc) is 3.48. The van der Waals surface area contributed by atoms with Crippen molar-refractivity contribution in [3.05, 3.63) is 94.2 Å². The van der Waals surface area contributed by atoms with Crippen LogP contribution >= 0.6 is 0 Å². The molecule has 35 heavy (non-hydrogen) atoms. The first-order valence-corrected chi connectivity index (χ1v) is 12.2. The lowest BCUT2D eigenvalue weighted by Crippen LogP contribution is -2.07. The molecule has 7 nitrogen and oxygen atoms in total. The molecule has 1 fully saturated rings. The predicted molar refractivity (Wildman–Crippen MR) is 135 cm³/mol. The minimum Gasteiger partial charge on any atom is -0.280 e. The Hall–Kier alpha value is -4.13. The number of benzene rings is 2. The van der Waals surface area contributed by atoms with Crippen molar-refractivity contribution in [2.45, 2.75) is 45.4 Å². The van der Waals surface area contributed by atoms with E-state index in [4.69, 9.17) is 9.97 Å². The Morgan fingerprint density at radius 1 is 1.00 bits per heavy atom. The van der Waals surface area contributed by atoms with Gasteiger partial charge in [-0.25, -0.2) is 9.97 Å². The fourth-order valence-electron chi connectivity index (χ4n) is 5.55. The second-order valence-corrected chi connectivity index (χ2v) is 9.55. The third-order valence-corrected chi connectivity index (χ3v) is 7.45. The normalized spacial score (nSPS) is 16.6. The summed E-state index contributed by atoms with van der Waals surface area (Å²) in [7, 11) is 0. The fourth-order valence-corrected chi connectivity index (χ4v) is 5.55. The minimum absolute atomic E-state index is 0.516. The third-order valence-electron chi connectivity index (χ3n) is 7.45. The average molecular weight is 460 g/mol. The van der Waals surface area contributed by atoms with Crippen LogP contribution in [0.3, 0.4) is 0 Å². The minimum atomic E-state index is 0.516. The number of rotatable bonds is 3. The SMILES string of the molecule is C/C(=C1/c2ccccc2CCc2c1ccc(-n1c(C3CC3)nc3cccnc31)c2C)c1nn[nH]n1. The summed E-state index contributed by atoms with van der Waals surface area (Å²) in [6.07, 6.45) is 6.20. The van der Waals surface area contributed by atoms with Crippen molar-refractivity contribution in [1.82, 2.24) is 35.2 Å². The first-order chi connectivity index (χ1) is 17.2. The van der Waals surface area contributed by atoms with Crippen molar-refractivity contribution in [2.24, 2.45) is 0 Å². The van der Waals surface area contributed by atoms with Crippen LogP contribution in [0.25, 0.3) is 28.0 Å². The molecule has 0 saturated heterocycles. The molecule has 0 atom stereocenters. The highest BCUT2D eigenvalue weighted by Crippen LogP contribution is 2.44. The summed E-state index contributed by atoms with van der Waals surface area (Å²) in [5.41, 5.74) is 11.7. The van der Waals surface area contributed by atoms with Crippen LogP contribution in [0, 0.1) is 6.92 Å². The maximum absolute atomic E-state index is 5.00. The summed E-state index contributed by atoms with van der Waals surface area (Å²) >= 11 is 0. The number of imidazole rings is 1. The smallest absolute Gasteiger partial charge is 0.201 e. The Morgan fingerprint density at radius 2 is 1.89 bits per heavy atom. The molecular formula is C28H25N7. The van der Waals surface area contributed by atoms with E-state index < -0.39 is 0 Å². The van der Waals surface area contributed by atoms with Gasteiger partial charge in [0.25, 0.3) is 0 Å². The van der Waals surface area contributed by atoms with Gasteiger partial charge in [0.2, 0.25) is 5.82 Å². The van der Waals surface area contributed by atoms with Crippen LogP contribution in [-0.2, 0) is 12.8 Å². The van der Waals surface area contributed by atoms with Gasteiger partial charge < -0.3 is 0 Å². The topological polar surface area (TPSA) is 85.2 Å². The first kappa shape index (κ1) is 20.3. The molecule has 172 valence electrons. The number of pyridine rings is 1. The molecule has 2 aliphatic rings. The molecule has 5 aromatic rings. The van der Waals surface area contributed by atoms with E-state index in [1.165, 1.54) is 51.9 Å². The van der Waals surface area contributed by atoms with E-state index >= 15 is 0 Å². The van der Waals surface area contributed by atoms with E-state index in [0.29, 0.717) is 11.7 Å². The van der Waals surface area contributed by atoms with Crippen molar-refractivity contribution in [3.8, 4) is 5.69 Å². The zero-order valence-electron chi connectivity index (χ0n) is 19.8. The molecule has 0 aliphatic heterocycles. The Kier molecular flexibility index (Phi) is 4.46.